The molecule has 0 radical (unpaired) electrons. The van der Waals surface area contributed by atoms with Gasteiger partial charge in [0.25, 0.3) is 0 Å². The van der Waals surface area contributed by atoms with Crippen molar-refractivity contribution in [3.63, 3.8) is 0 Å². The molecule has 0 aliphatic heterocycles. The molecule has 0 unspecified atom stereocenters. The minimum Gasteiger partial charge on any atom is -1.00 e. The van der Waals surface area contributed by atoms with Crippen LogP contribution in [0.25, 0.3) is 0 Å². The molecule has 1 aromatic rings. The second-order valence-electron chi connectivity index (χ2n) is 5.99. The Kier molecular flexibility index (Phi) is 13.8. The van der Waals surface area contributed by atoms with E-state index in [9.17, 15) is 0 Å². The van der Waals surface area contributed by atoms with Gasteiger partial charge in [-0.05, 0) is 6.42 Å². The van der Waals surface area contributed by atoms with Crippen LogP contribution in [-0.4, -0.2) is 11.0 Å². The van der Waals surface area contributed by atoms with E-state index in [1.165, 1.54) is 64.2 Å². The number of nitrogens with two attached hydrogens (primary N) is 1. The maximum Gasteiger partial charge on any atom is 0.170 e. The Bertz CT molecular complexity index is 421. The first-order chi connectivity index (χ1) is 10.8. The van der Waals surface area contributed by atoms with Crippen LogP contribution >= 0.6 is 0 Å². The molecule has 4 nitrogen and oxygen atoms in total. The normalized spacial score (nSPS) is 11.3. The molecule has 23 heavy (non-hydrogen) atoms. The molecule has 1 aromatic heterocycles. The summed E-state index contributed by atoms with van der Waals surface area (Å²) in [7, 11) is 0. The van der Waals surface area contributed by atoms with Gasteiger partial charge < -0.3 is 27.9 Å². The minimum absolute atomic E-state index is 0. The standard InChI is InChI=1S/C18H31N3O.BrH/c1-2-3-4-5-6-7-8-9-10-11-14-21-15-12-17(13-16-21)18(19)20-22;/h12-13,15-16H,2-11,14,19H2,1H3;1H. The molecule has 3 N–H and O–H groups in total. The molecule has 0 saturated heterocycles. The molecule has 1 rings (SSSR count). The Labute approximate surface area is 151 Å². The molecule has 0 aliphatic carbocycles. The highest BCUT2D eigenvalue weighted by Gasteiger charge is 2.03. The second kappa shape index (κ2) is 14.5. The van der Waals surface area contributed by atoms with E-state index in [0.29, 0.717) is 0 Å². The van der Waals surface area contributed by atoms with Crippen molar-refractivity contribution in [3.05, 3.63) is 30.1 Å². The lowest BCUT2D eigenvalue weighted by Gasteiger charge is -2.02. The lowest BCUT2D eigenvalue weighted by atomic mass is 10.1. The maximum atomic E-state index is 8.62. The summed E-state index contributed by atoms with van der Waals surface area (Å²) in [5.41, 5.74) is 6.29. The van der Waals surface area contributed by atoms with Crippen molar-refractivity contribution in [2.75, 3.05) is 0 Å². The van der Waals surface area contributed by atoms with E-state index < -0.39 is 0 Å². The van der Waals surface area contributed by atoms with Crippen LogP contribution in [0.5, 0.6) is 0 Å². The summed E-state index contributed by atoms with van der Waals surface area (Å²) in [5.74, 6) is 0.158. The topological polar surface area (TPSA) is 62.5 Å². The number of oxime groups is 1. The zero-order valence-corrected chi connectivity index (χ0v) is 16.0. The third kappa shape index (κ3) is 10.3. The van der Waals surface area contributed by atoms with Gasteiger partial charge in [0.2, 0.25) is 0 Å². The smallest absolute Gasteiger partial charge is 0.170 e. The van der Waals surface area contributed by atoms with E-state index in [1.807, 2.05) is 24.5 Å². The average Bonchev–Trinajstić information content (AvgIpc) is 2.56. The van der Waals surface area contributed by atoms with Crippen LogP contribution in [-0.2, 0) is 6.54 Å². The Morgan fingerprint density at radius 3 is 1.91 bits per heavy atom. The van der Waals surface area contributed by atoms with E-state index in [2.05, 4.69) is 16.6 Å². The predicted octanol–water partition coefficient (Wildman–Crippen LogP) is 0.994. The molecule has 0 aliphatic rings. The Balaban J connectivity index is 0.00000484. The zero-order valence-electron chi connectivity index (χ0n) is 14.4. The largest absolute Gasteiger partial charge is 1.00 e. The monoisotopic (exact) mass is 385 g/mol. The third-order valence-corrected chi connectivity index (χ3v) is 4.06. The molecule has 0 fully saturated rings. The molecular weight excluding hydrogens is 354 g/mol. The van der Waals surface area contributed by atoms with Crippen LogP contribution in [0.15, 0.2) is 29.7 Å². The summed E-state index contributed by atoms with van der Waals surface area (Å²) < 4.78 is 2.15. The number of hydrogen-bond acceptors (Lipinski definition) is 2. The Morgan fingerprint density at radius 1 is 0.957 bits per heavy atom. The van der Waals surface area contributed by atoms with Crippen molar-refractivity contribution in [1.29, 1.82) is 0 Å². The quantitative estimate of drug-likeness (QED) is 0.141. The summed E-state index contributed by atoms with van der Waals surface area (Å²) in [5, 5.41) is 11.6. The highest BCUT2D eigenvalue weighted by molar-refractivity contribution is 5.96. The predicted molar refractivity (Wildman–Crippen MR) is 91.0 cm³/mol. The van der Waals surface area contributed by atoms with E-state index in [4.69, 9.17) is 10.9 Å². The van der Waals surface area contributed by atoms with Crippen molar-refractivity contribution in [2.24, 2.45) is 10.9 Å². The van der Waals surface area contributed by atoms with Crippen LogP contribution in [0, 0.1) is 0 Å². The third-order valence-electron chi connectivity index (χ3n) is 4.06. The fourth-order valence-electron chi connectivity index (χ4n) is 2.62. The average molecular weight is 386 g/mol. The van der Waals surface area contributed by atoms with E-state index >= 15 is 0 Å². The Hall–Kier alpha value is -1.10. The lowest BCUT2D eigenvalue weighted by molar-refractivity contribution is -0.697. The van der Waals surface area contributed by atoms with Crippen LogP contribution < -0.4 is 27.3 Å². The number of rotatable bonds is 12. The van der Waals surface area contributed by atoms with Gasteiger partial charge in [-0.15, -0.1) is 0 Å². The van der Waals surface area contributed by atoms with Gasteiger partial charge in [-0.3, -0.25) is 0 Å². The number of hydrogen-bond donors (Lipinski definition) is 2. The number of unbranched alkanes of at least 4 members (excludes halogenated alkanes) is 9. The minimum atomic E-state index is 0. The van der Waals surface area contributed by atoms with Gasteiger partial charge in [-0.25, -0.2) is 4.57 Å². The van der Waals surface area contributed by atoms with Crippen LogP contribution in [0.4, 0.5) is 0 Å². The van der Waals surface area contributed by atoms with Gasteiger partial charge in [-0.2, -0.15) is 0 Å². The first-order valence-corrected chi connectivity index (χ1v) is 8.75. The lowest BCUT2D eigenvalue weighted by Crippen LogP contribution is -3.00. The highest BCUT2D eigenvalue weighted by Crippen LogP contribution is 2.10. The fourth-order valence-corrected chi connectivity index (χ4v) is 2.62. The maximum absolute atomic E-state index is 8.62. The SMILES string of the molecule is CCCCCCCCCCCC[n+]1ccc(C(N)=NO)cc1.[Br-]. The molecule has 0 atom stereocenters. The van der Waals surface area contributed by atoms with E-state index in [-0.39, 0.29) is 22.8 Å². The summed E-state index contributed by atoms with van der Waals surface area (Å²) in [6.07, 6.45) is 17.6. The van der Waals surface area contributed by atoms with Gasteiger partial charge >= 0.3 is 0 Å². The van der Waals surface area contributed by atoms with Crippen molar-refractivity contribution < 1.29 is 26.8 Å². The van der Waals surface area contributed by atoms with Crippen molar-refractivity contribution in [2.45, 2.75) is 77.7 Å². The summed E-state index contributed by atoms with van der Waals surface area (Å²) in [6, 6.07) is 3.76. The van der Waals surface area contributed by atoms with Crippen LogP contribution in [0.2, 0.25) is 0 Å². The highest BCUT2D eigenvalue weighted by atomic mass is 79.9. The van der Waals surface area contributed by atoms with E-state index in [1.54, 1.807) is 0 Å². The second-order valence-corrected chi connectivity index (χ2v) is 5.99. The molecule has 0 spiro atoms. The first kappa shape index (κ1) is 21.9. The van der Waals surface area contributed by atoms with Gasteiger partial charge in [-0.1, -0.05) is 63.4 Å². The Morgan fingerprint density at radius 2 is 1.43 bits per heavy atom. The molecule has 1 heterocycles. The molecule has 0 amide bonds. The summed E-state index contributed by atoms with van der Waals surface area (Å²) >= 11 is 0. The number of amidine groups is 1. The molecule has 5 heteroatoms. The first-order valence-electron chi connectivity index (χ1n) is 8.75. The molecule has 132 valence electrons. The molecular formula is C18H32BrN3O. The van der Waals surface area contributed by atoms with Gasteiger partial charge in [0.15, 0.2) is 18.2 Å². The number of pyridine rings is 1. The molecule has 0 saturated carbocycles. The zero-order chi connectivity index (χ0) is 16.0. The number of aromatic nitrogens is 1. The summed E-state index contributed by atoms with van der Waals surface area (Å²) in [4.78, 5) is 0. The van der Waals surface area contributed by atoms with Gasteiger partial charge in [0.05, 0.1) is 0 Å². The van der Waals surface area contributed by atoms with Crippen LogP contribution in [0.1, 0.15) is 76.7 Å². The van der Waals surface area contributed by atoms with Gasteiger partial charge in [0.1, 0.15) is 6.54 Å². The van der Waals surface area contributed by atoms with Crippen molar-refractivity contribution >= 4 is 5.84 Å². The number of aryl methyl sites for hydroxylation is 1. The molecule has 0 bridgehead atoms. The number of nitrogens with zero attached hydrogens (tertiary/aromatic N) is 2. The summed E-state index contributed by atoms with van der Waals surface area (Å²) in [6.45, 7) is 3.30. The van der Waals surface area contributed by atoms with Gasteiger partial charge in [0, 0.05) is 24.1 Å². The van der Waals surface area contributed by atoms with Crippen molar-refractivity contribution in [3.8, 4) is 0 Å². The number of halogens is 1. The van der Waals surface area contributed by atoms with Crippen LogP contribution in [0.3, 0.4) is 0 Å². The van der Waals surface area contributed by atoms with Crippen molar-refractivity contribution in [1.82, 2.24) is 0 Å². The van der Waals surface area contributed by atoms with E-state index in [0.717, 1.165) is 12.1 Å². The fraction of sp³-hybridized carbons (Fsp3) is 0.667. The molecule has 0 aromatic carbocycles.